The smallest absolute Gasteiger partial charge is 0.251 e. The number of benzene rings is 1. The number of amides is 1. The molecular formula is C18H27N3O. The second-order valence-electron chi connectivity index (χ2n) is 6.80. The Balaban J connectivity index is 1.53. The summed E-state index contributed by atoms with van der Waals surface area (Å²) in [6.07, 6.45) is 7.61. The third-order valence-electron chi connectivity index (χ3n) is 5.21. The van der Waals surface area contributed by atoms with E-state index in [-0.39, 0.29) is 5.91 Å². The third kappa shape index (κ3) is 3.43. The zero-order valence-corrected chi connectivity index (χ0v) is 13.5. The van der Waals surface area contributed by atoms with Gasteiger partial charge in [-0.3, -0.25) is 4.79 Å². The molecule has 3 N–H and O–H groups in total. The predicted octanol–water partition coefficient (Wildman–Crippen LogP) is 2.71. The summed E-state index contributed by atoms with van der Waals surface area (Å²) in [6.45, 7) is 4.19. The van der Waals surface area contributed by atoms with E-state index in [9.17, 15) is 4.79 Å². The molecule has 1 aliphatic carbocycles. The molecule has 0 unspecified atom stereocenters. The molecule has 1 amide bonds. The number of aryl methyl sites for hydroxylation is 1. The Morgan fingerprint density at radius 1 is 1.18 bits per heavy atom. The van der Waals surface area contributed by atoms with Crippen molar-refractivity contribution < 1.29 is 4.79 Å². The summed E-state index contributed by atoms with van der Waals surface area (Å²) in [4.78, 5) is 15.1. The van der Waals surface area contributed by atoms with Gasteiger partial charge < -0.3 is 16.0 Å². The Hall–Kier alpha value is -1.55. The van der Waals surface area contributed by atoms with Crippen LogP contribution in [-0.2, 0) is 0 Å². The first-order valence-corrected chi connectivity index (χ1v) is 8.54. The van der Waals surface area contributed by atoms with Crippen LogP contribution in [0, 0.1) is 6.92 Å². The number of nitrogens with zero attached hydrogens (tertiary/aromatic N) is 1. The Morgan fingerprint density at radius 2 is 1.86 bits per heavy atom. The Bertz CT molecular complexity index is 529. The average molecular weight is 301 g/mol. The van der Waals surface area contributed by atoms with Crippen molar-refractivity contribution in [3.05, 3.63) is 29.3 Å². The van der Waals surface area contributed by atoms with Gasteiger partial charge in [-0.05, 0) is 50.3 Å². The van der Waals surface area contributed by atoms with Crippen LogP contribution in [0.15, 0.2) is 18.2 Å². The Labute approximate surface area is 133 Å². The first kappa shape index (κ1) is 15.3. The van der Waals surface area contributed by atoms with E-state index in [1.54, 1.807) is 6.07 Å². The molecule has 1 aromatic rings. The summed E-state index contributed by atoms with van der Waals surface area (Å²) >= 11 is 0. The van der Waals surface area contributed by atoms with Gasteiger partial charge in [0.05, 0.1) is 0 Å². The van der Waals surface area contributed by atoms with Crippen LogP contribution in [0.3, 0.4) is 0 Å². The fraction of sp³-hybridized carbons (Fsp3) is 0.611. The lowest BCUT2D eigenvalue weighted by atomic mass is 10.0. The molecule has 0 bridgehead atoms. The SMILES string of the molecule is Cc1ccc(N)cc1C(=O)NC1CCN(C2CCCC2)CC1. The molecule has 4 heteroatoms. The lowest BCUT2D eigenvalue weighted by molar-refractivity contribution is 0.0892. The first-order chi connectivity index (χ1) is 10.6. The highest BCUT2D eigenvalue weighted by atomic mass is 16.1. The molecule has 2 aliphatic rings. The summed E-state index contributed by atoms with van der Waals surface area (Å²) < 4.78 is 0. The molecule has 4 nitrogen and oxygen atoms in total. The fourth-order valence-electron chi connectivity index (χ4n) is 3.83. The third-order valence-corrected chi connectivity index (χ3v) is 5.21. The maximum Gasteiger partial charge on any atom is 0.251 e. The van der Waals surface area contributed by atoms with Crippen molar-refractivity contribution in [3.63, 3.8) is 0 Å². The molecule has 3 rings (SSSR count). The van der Waals surface area contributed by atoms with Crippen molar-refractivity contribution in [2.45, 2.75) is 57.5 Å². The van der Waals surface area contributed by atoms with E-state index < -0.39 is 0 Å². The maximum absolute atomic E-state index is 12.4. The molecule has 2 fully saturated rings. The summed E-state index contributed by atoms with van der Waals surface area (Å²) in [5.74, 6) is 0.0177. The second kappa shape index (κ2) is 6.69. The largest absolute Gasteiger partial charge is 0.399 e. The molecular weight excluding hydrogens is 274 g/mol. The van der Waals surface area contributed by atoms with Crippen molar-refractivity contribution in [3.8, 4) is 0 Å². The van der Waals surface area contributed by atoms with Gasteiger partial charge in [-0.1, -0.05) is 18.9 Å². The molecule has 0 aromatic heterocycles. The topological polar surface area (TPSA) is 58.4 Å². The standard InChI is InChI=1S/C18H27N3O/c1-13-6-7-14(19)12-17(13)18(22)20-15-8-10-21(11-9-15)16-4-2-3-5-16/h6-7,12,15-16H,2-5,8-11,19H2,1H3,(H,20,22). The molecule has 1 aliphatic heterocycles. The van der Waals surface area contributed by atoms with Gasteiger partial charge in [0, 0.05) is 36.4 Å². The average Bonchev–Trinajstić information content (AvgIpc) is 3.05. The molecule has 120 valence electrons. The number of hydrogen-bond donors (Lipinski definition) is 2. The number of anilines is 1. The summed E-state index contributed by atoms with van der Waals surface area (Å²) in [5, 5.41) is 3.19. The Morgan fingerprint density at radius 3 is 2.55 bits per heavy atom. The Kier molecular flexibility index (Phi) is 4.67. The summed E-state index contributed by atoms with van der Waals surface area (Å²) in [7, 11) is 0. The van der Waals surface area contributed by atoms with E-state index in [2.05, 4.69) is 10.2 Å². The number of likely N-dealkylation sites (tertiary alicyclic amines) is 1. The van der Waals surface area contributed by atoms with Crippen molar-refractivity contribution in [2.24, 2.45) is 0 Å². The van der Waals surface area contributed by atoms with Gasteiger partial charge in [-0.15, -0.1) is 0 Å². The number of rotatable bonds is 3. The van der Waals surface area contributed by atoms with E-state index in [0.717, 1.165) is 37.5 Å². The molecule has 0 spiro atoms. The first-order valence-electron chi connectivity index (χ1n) is 8.54. The highest BCUT2D eigenvalue weighted by Crippen LogP contribution is 2.26. The number of nitrogen functional groups attached to an aromatic ring is 1. The minimum Gasteiger partial charge on any atom is -0.399 e. The normalized spacial score (nSPS) is 21.1. The van der Waals surface area contributed by atoms with Gasteiger partial charge in [0.2, 0.25) is 0 Å². The second-order valence-corrected chi connectivity index (χ2v) is 6.80. The van der Waals surface area contributed by atoms with E-state index in [0.29, 0.717) is 17.3 Å². The van der Waals surface area contributed by atoms with Gasteiger partial charge in [0.1, 0.15) is 0 Å². The minimum atomic E-state index is 0.0177. The molecule has 1 heterocycles. The van der Waals surface area contributed by atoms with Crippen LogP contribution in [-0.4, -0.2) is 36.0 Å². The molecule has 1 saturated heterocycles. The van der Waals surface area contributed by atoms with E-state index in [1.807, 2.05) is 19.1 Å². The van der Waals surface area contributed by atoms with Crippen molar-refractivity contribution in [1.82, 2.24) is 10.2 Å². The number of piperidine rings is 1. The van der Waals surface area contributed by atoms with E-state index >= 15 is 0 Å². The summed E-state index contributed by atoms with van der Waals surface area (Å²) in [5.41, 5.74) is 8.13. The molecule has 22 heavy (non-hydrogen) atoms. The van der Waals surface area contributed by atoms with Crippen LogP contribution in [0.25, 0.3) is 0 Å². The van der Waals surface area contributed by atoms with Crippen LogP contribution in [0.5, 0.6) is 0 Å². The van der Waals surface area contributed by atoms with Crippen LogP contribution >= 0.6 is 0 Å². The molecule has 1 saturated carbocycles. The lowest BCUT2D eigenvalue weighted by Gasteiger charge is -2.36. The summed E-state index contributed by atoms with van der Waals surface area (Å²) in [6, 6.07) is 6.62. The molecule has 1 aromatic carbocycles. The van der Waals surface area contributed by atoms with Crippen LogP contribution in [0.1, 0.15) is 54.4 Å². The zero-order valence-electron chi connectivity index (χ0n) is 13.5. The quantitative estimate of drug-likeness (QED) is 0.844. The van der Waals surface area contributed by atoms with Gasteiger partial charge in [-0.25, -0.2) is 0 Å². The highest BCUT2D eigenvalue weighted by Gasteiger charge is 2.27. The number of hydrogen-bond acceptors (Lipinski definition) is 3. The fourth-order valence-corrected chi connectivity index (χ4v) is 3.83. The van der Waals surface area contributed by atoms with Gasteiger partial charge in [-0.2, -0.15) is 0 Å². The molecule has 0 atom stereocenters. The predicted molar refractivity (Wildman–Crippen MR) is 89.9 cm³/mol. The highest BCUT2D eigenvalue weighted by molar-refractivity contribution is 5.96. The van der Waals surface area contributed by atoms with Gasteiger partial charge >= 0.3 is 0 Å². The van der Waals surface area contributed by atoms with Crippen LogP contribution in [0.4, 0.5) is 5.69 Å². The van der Waals surface area contributed by atoms with E-state index in [1.165, 1.54) is 25.7 Å². The molecule has 0 radical (unpaired) electrons. The number of nitrogens with two attached hydrogens (primary N) is 1. The van der Waals surface area contributed by atoms with Crippen LogP contribution in [0.2, 0.25) is 0 Å². The number of carbonyl (C=O) groups excluding carboxylic acids is 1. The minimum absolute atomic E-state index is 0.0177. The number of nitrogens with one attached hydrogen (secondary N) is 1. The maximum atomic E-state index is 12.4. The van der Waals surface area contributed by atoms with Crippen molar-refractivity contribution in [2.75, 3.05) is 18.8 Å². The van der Waals surface area contributed by atoms with Crippen molar-refractivity contribution in [1.29, 1.82) is 0 Å². The van der Waals surface area contributed by atoms with Gasteiger partial charge in [0.25, 0.3) is 5.91 Å². The number of carbonyl (C=O) groups is 1. The monoisotopic (exact) mass is 301 g/mol. The van der Waals surface area contributed by atoms with Crippen LogP contribution < -0.4 is 11.1 Å². The lowest BCUT2D eigenvalue weighted by Crippen LogP contribution is -2.47. The van der Waals surface area contributed by atoms with E-state index in [4.69, 9.17) is 5.73 Å². The zero-order chi connectivity index (χ0) is 15.5. The van der Waals surface area contributed by atoms with Crippen molar-refractivity contribution >= 4 is 11.6 Å². The van der Waals surface area contributed by atoms with Gasteiger partial charge in [0.15, 0.2) is 0 Å².